The normalized spacial score (nSPS) is 15.7. The van der Waals surface area contributed by atoms with Crippen molar-refractivity contribution in [2.24, 2.45) is 10.9 Å². The molecule has 1 aromatic carbocycles. The van der Waals surface area contributed by atoms with Gasteiger partial charge in [-0.2, -0.15) is 0 Å². The molecule has 1 aromatic rings. The first-order chi connectivity index (χ1) is 8.47. The predicted molar refractivity (Wildman–Crippen MR) is 70.1 cm³/mol. The third kappa shape index (κ3) is 3.43. The molecule has 0 fully saturated rings. The van der Waals surface area contributed by atoms with E-state index in [0.717, 1.165) is 0 Å². The summed E-state index contributed by atoms with van der Waals surface area (Å²) in [4.78, 5) is 2.00. The highest BCUT2D eigenvalue weighted by molar-refractivity contribution is 5.80. The molecule has 0 amide bonds. The minimum Gasteiger partial charge on any atom is -0.409 e. The van der Waals surface area contributed by atoms with Crippen molar-refractivity contribution in [1.82, 2.24) is 4.90 Å². The molecule has 100 valence electrons. The maximum absolute atomic E-state index is 13.7. The lowest BCUT2D eigenvalue weighted by Gasteiger charge is -2.31. The maximum atomic E-state index is 13.7. The SMILES string of the molecule is CC(CC(N)=NO)N(C)C(C)c1ccccc1F. The van der Waals surface area contributed by atoms with Gasteiger partial charge in [-0.05, 0) is 27.0 Å². The first-order valence-electron chi connectivity index (χ1n) is 5.90. The lowest BCUT2D eigenvalue weighted by Crippen LogP contribution is -2.35. The van der Waals surface area contributed by atoms with Crippen LogP contribution in [0.5, 0.6) is 0 Å². The van der Waals surface area contributed by atoms with Crippen LogP contribution in [0.3, 0.4) is 0 Å². The molecule has 2 unspecified atom stereocenters. The van der Waals surface area contributed by atoms with E-state index in [0.29, 0.717) is 12.0 Å². The topological polar surface area (TPSA) is 61.9 Å². The number of rotatable bonds is 5. The van der Waals surface area contributed by atoms with Gasteiger partial charge in [0.15, 0.2) is 0 Å². The summed E-state index contributed by atoms with van der Waals surface area (Å²) in [6.07, 6.45) is 0.436. The van der Waals surface area contributed by atoms with Crippen molar-refractivity contribution in [2.75, 3.05) is 7.05 Å². The van der Waals surface area contributed by atoms with Crippen LogP contribution in [0, 0.1) is 5.82 Å². The lowest BCUT2D eigenvalue weighted by atomic mass is 10.0. The number of hydrogen-bond acceptors (Lipinski definition) is 3. The van der Waals surface area contributed by atoms with Gasteiger partial charge in [0.1, 0.15) is 11.7 Å². The monoisotopic (exact) mass is 253 g/mol. The van der Waals surface area contributed by atoms with E-state index in [1.165, 1.54) is 6.07 Å². The molecule has 0 bridgehead atoms. The molecule has 0 saturated heterocycles. The smallest absolute Gasteiger partial charge is 0.140 e. The Labute approximate surface area is 107 Å². The van der Waals surface area contributed by atoms with Gasteiger partial charge < -0.3 is 10.9 Å². The molecule has 5 heteroatoms. The third-order valence-electron chi connectivity index (χ3n) is 3.29. The third-order valence-corrected chi connectivity index (χ3v) is 3.29. The minimum absolute atomic E-state index is 0.0514. The quantitative estimate of drug-likeness (QED) is 0.366. The highest BCUT2D eigenvalue weighted by Crippen LogP contribution is 2.23. The maximum Gasteiger partial charge on any atom is 0.140 e. The predicted octanol–water partition coefficient (Wildman–Crippen LogP) is 2.34. The van der Waals surface area contributed by atoms with E-state index in [4.69, 9.17) is 10.9 Å². The Balaban J connectivity index is 2.78. The second-order valence-corrected chi connectivity index (χ2v) is 4.51. The van der Waals surface area contributed by atoms with Gasteiger partial charge >= 0.3 is 0 Å². The fourth-order valence-electron chi connectivity index (χ4n) is 1.90. The Morgan fingerprint density at radius 1 is 1.44 bits per heavy atom. The highest BCUT2D eigenvalue weighted by atomic mass is 19.1. The molecule has 0 aromatic heterocycles. The van der Waals surface area contributed by atoms with E-state index in [1.54, 1.807) is 12.1 Å². The van der Waals surface area contributed by atoms with Crippen LogP contribution < -0.4 is 5.73 Å². The fourth-order valence-corrected chi connectivity index (χ4v) is 1.90. The van der Waals surface area contributed by atoms with Crippen molar-refractivity contribution < 1.29 is 9.60 Å². The molecule has 0 saturated carbocycles. The largest absolute Gasteiger partial charge is 0.409 e. The number of benzene rings is 1. The lowest BCUT2D eigenvalue weighted by molar-refractivity contribution is 0.196. The van der Waals surface area contributed by atoms with Crippen molar-refractivity contribution in [2.45, 2.75) is 32.4 Å². The standard InChI is InChI=1S/C13H20FN3O/c1-9(8-13(15)16-18)17(3)10(2)11-6-4-5-7-12(11)14/h4-7,9-10,18H,8H2,1-3H3,(H2,15,16). The average molecular weight is 253 g/mol. The molecular weight excluding hydrogens is 233 g/mol. The van der Waals surface area contributed by atoms with Crippen LogP contribution in [-0.2, 0) is 0 Å². The Morgan fingerprint density at radius 3 is 2.61 bits per heavy atom. The van der Waals surface area contributed by atoms with Gasteiger partial charge in [0.2, 0.25) is 0 Å². The molecule has 0 heterocycles. The van der Waals surface area contributed by atoms with Gasteiger partial charge in [0, 0.05) is 24.1 Å². The van der Waals surface area contributed by atoms with Gasteiger partial charge in [0.05, 0.1) is 0 Å². The summed E-state index contributed by atoms with van der Waals surface area (Å²) in [5, 5.41) is 11.5. The van der Waals surface area contributed by atoms with E-state index < -0.39 is 0 Å². The molecule has 0 aliphatic rings. The highest BCUT2D eigenvalue weighted by Gasteiger charge is 2.20. The van der Waals surface area contributed by atoms with Crippen LogP contribution in [0.15, 0.2) is 29.4 Å². The van der Waals surface area contributed by atoms with Gasteiger partial charge in [-0.1, -0.05) is 23.4 Å². The van der Waals surface area contributed by atoms with Crippen molar-refractivity contribution >= 4 is 5.84 Å². The van der Waals surface area contributed by atoms with Gasteiger partial charge in [-0.15, -0.1) is 0 Å². The number of nitrogens with two attached hydrogens (primary N) is 1. The molecule has 1 rings (SSSR count). The number of hydrogen-bond donors (Lipinski definition) is 2. The minimum atomic E-state index is -0.215. The Bertz CT molecular complexity index is 422. The first-order valence-corrected chi connectivity index (χ1v) is 5.90. The van der Waals surface area contributed by atoms with Gasteiger partial charge in [-0.25, -0.2) is 4.39 Å². The first kappa shape index (κ1) is 14.4. The van der Waals surface area contributed by atoms with E-state index >= 15 is 0 Å². The summed E-state index contributed by atoms with van der Waals surface area (Å²) in [5.74, 6) is -0.0390. The zero-order valence-electron chi connectivity index (χ0n) is 11.0. The molecule has 4 nitrogen and oxygen atoms in total. The van der Waals surface area contributed by atoms with E-state index in [-0.39, 0.29) is 23.7 Å². The Morgan fingerprint density at radius 2 is 2.06 bits per heavy atom. The van der Waals surface area contributed by atoms with Crippen molar-refractivity contribution in [3.8, 4) is 0 Å². The summed E-state index contributed by atoms with van der Waals surface area (Å²) < 4.78 is 13.7. The summed E-state index contributed by atoms with van der Waals surface area (Å²) in [6.45, 7) is 3.89. The molecule has 2 atom stereocenters. The molecule has 0 radical (unpaired) electrons. The second-order valence-electron chi connectivity index (χ2n) is 4.51. The molecule has 0 aliphatic heterocycles. The zero-order valence-corrected chi connectivity index (χ0v) is 11.0. The zero-order chi connectivity index (χ0) is 13.7. The fraction of sp³-hybridized carbons (Fsp3) is 0.462. The Kier molecular flexibility index (Phi) is 5.09. The molecule has 0 spiro atoms. The van der Waals surface area contributed by atoms with Crippen molar-refractivity contribution in [3.05, 3.63) is 35.6 Å². The Hall–Kier alpha value is -1.62. The van der Waals surface area contributed by atoms with Crippen LogP contribution in [0.4, 0.5) is 4.39 Å². The average Bonchev–Trinajstić information content (AvgIpc) is 2.37. The van der Waals surface area contributed by atoms with E-state index in [1.807, 2.05) is 31.9 Å². The van der Waals surface area contributed by atoms with Crippen molar-refractivity contribution in [1.29, 1.82) is 0 Å². The molecule has 0 aliphatic carbocycles. The van der Waals surface area contributed by atoms with Crippen LogP contribution >= 0.6 is 0 Å². The van der Waals surface area contributed by atoms with Crippen LogP contribution in [0.1, 0.15) is 31.9 Å². The summed E-state index contributed by atoms with van der Waals surface area (Å²) in [6, 6.07) is 6.69. The number of nitrogens with zero attached hydrogens (tertiary/aromatic N) is 2. The summed E-state index contributed by atoms with van der Waals surface area (Å²) >= 11 is 0. The van der Waals surface area contributed by atoms with Crippen LogP contribution in [0.25, 0.3) is 0 Å². The number of oxime groups is 1. The summed E-state index contributed by atoms with van der Waals surface area (Å²) in [7, 11) is 1.90. The number of halogens is 1. The van der Waals surface area contributed by atoms with Gasteiger partial charge in [0.25, 0.3) is 0 Å². The van der Waals surface area contributed by atoms with Gasteiger partial charge in [-0.3, -0.25) is 4.90 Å². The molecule has 18 heavy (non-hydrogen) atoms. The van der Waals surface area contributed by atoms with E-state index in [9.17, 15) is 4.39 Å². The van der Waals surface area contributed by atoms with Crippen LogP contribution in [-0.4, -0.2) is 29.0 Å². The molecule has 3 N–H and O–H groups in total. The summed E-state index contributed by atoms with van der Waals surface area (Å²) in [5.41, 5.74) is 6.12. The van der Waals surface area contributed by atoms with Crippen molar-refractivity contribution in [3.63, 3.8) is 0 Å². The number of amidine groups is 1. The van der Waals surface area contributed by atoms with Crippen LogP contribution in [0.2, 0.25) is 0 Å². The molecular formula is C13H20FN3O. The van der Waals surface area contributed by atoms with E-state index in [2.05, 4.69) is 5.16 Å². The second kappa shape index (κ2) is 6.35.